The number of morpholine rings is 1. The van der Waals surface area contributed by atoms with Crippen molar-refractivity contribution in [2.24, 2.45) is 0 Å². The van der Waals surface area contributed by atoms with E-state index in [9.17, 15) is 4.79 Å². The smallest absolute Gasteiger partial charge is 0.223 e. The molecule has 5 nitrogen and oxygen atoms in total. The Morgan fingerprint density at radius 1 is 1.42 bits per heavy atom. The van der Waals surface area contributed by atoms with Gasteiger partial charge < -0.3 is 9.64 Å². The molecule has 24 heavy (non-hydrogen) atoms. The number of rotatable bonds is 6. The lowest BCUT2D eigenvalue weighted by Crippen LogP contribution is -2.45. The van der Waals surface area contributed by atoms with Gasteiger partial charge in [-0.1, -0.05) is 6.07 Å². The van der Waals surface area contributed by atoms with Crippen LogP contribution >= 0.6 is 11.3 Å². The second-order valence-corrected chi connectivity index (χ2v) is 7.13. The minimum atomic E-state index is 0.0970. The van der Waals surface area contributed by atoms with E-state index in [0.29, 0.717) is 26.1 Å². The predicted molar refractivity (Wildman–Crippen MR) is 94.1 cm³/mol. The molecule has 3 heterocycles. The van der Waals surface area contributed by atoms with E-state index < -0.39 is 0 Å². The Morgan fingerprint density at radius 3 is 3.12 bits per heavy atom. The van der Waals surface area contributed by atoms with Gasteiger partial charge in [0, 0.05) is 35.8 Å². The summed E-state index contributed by atoms with van der Waals surface area (Å²) in [7, 11) is 0. The number of hydrogen-bond acceptors (Lipinski definition) is 5. The fourth-order valence-electron chi connectivity index (χ4n) is 2.92. The first-order chi connectivity index (χ1) is 11.7. The Balaban J connectivity index is 1.46. The maximum Gasteiger partial charge on any atom is 0.223 e. The zero-order valence-corrected chi connectivity index (χ0v) is 14.8. The van der Waals surface area contributed by atoms with Crippen molar-refractivity contribution in [1.82, 2.24) is 14.9 Å². The van der Waals surface area contributed by atoms with Crippen LogP contribution in [-0.2, 0) is 22.4 Å². The lowest BCUT2D eigenvalue weighted by molar-refractivity contribution is -0.138. The van der Waals surface area contributed by atoms with E-state index in [2.05, 4.69) is 21.4 Å². The van der Waals surface area contributed by atoms with Crippen LogP contribution in [-0.4, -0.2) is 46.6 Å². The average Bonchev–Trinajstić information content (AvgIpc) is 3.12. The molecular weight excluding hydrogens is 322 g/mol. The Hall–Kier alpha value is -1.79. The first kappa shape index (κ1) is 17.0. The lowest BCUT2D eigenvalue weighted by Gasteiger charge is -2.33. The van der Waals surface area contributed by atoms with Gasteiger partial charge in [-0.15, -0.1) is 11.3 Å². The minimum absolute atomic E-state index is 0.0970. The van der Waals surface area contributed by atoms with Crippen molar-refractivity contribution < 1.29 is 9.53 Å². The molecule has 1 amide bonds. The first-order valence-corrected chi connectivity index (χ1v) is 9.28. The van der Waals surface area contributed by atoms with Crippen molar-refractivity contribution in [3.05, 3.63) is 46.2 Å². The van der Waals surface area contributed by atoms with Crippen LogP contribution in [0.15, 0.2) is 29.9 Å². The Bertz CT molecular complexity index is 660. The molecule has 0 N–H and O–H groups in total. The van der Waals surface area contributed by atoms with Crippen molar-refractivity contribution in [2.45, 2.75) is 38.7 Å². The standard InChI is InChI=1S/C18H23N3O2S/c1-14-11-15(20-13-19-14)4-5-16-12-21(8-9-23-16)18(22)7-6-17-3-2-10-24-17/h2-3,10-11,13,16H,4-9,12H2,1H3. The summed E-state index contributed by atoms with van der Waals surface area (Å²) in [5.74, 6) is 0.231. The molecule has 1 aliphatic rings. The van der Waals surface area contributed by atoms with Gasteiger partial charge >= 0.3 is 0 Å². The number of hydrogen-bond donors (Lipinski definition) is 0. The largest absolute Gasteiger partial charge is 0.375 e. The minimum Gasteiger partial charge on any atom is -0.375 e. The molecule has 2 aromatic heterocycles. The van der Waals surface area contributed by atoms with Gasteiger partial charge in [-0.3, -0.25) is 4.79 Å². The van der Waals surface area contributed by atoms with Crippen LogP contribution in [0.3, 0.4) is 0 Å². The third-order valence-electron chi connectivity index (χ3n) is 4.24. The van der Waals surface area contributed by atoms with E-state index >= 15 is 0 Å². The molecule has 0 spiro atoms. The van der Waals surface area contributed by atoms with E-state index in [4.69, 9.17) is 4.74 Å². The van der Waals surface area contributed by atoms with Gasteiger partial charge in [0.05, 0.1) is 12.7 Å². The van der Waals surface area contributed by atoms with Crippen LogP contribution in [0.5, 0.6) is 0 Å². The monoisotopic (exact) mass is 345 g/mol. The third-order valence-corrected chi connectivity index (χ3v) is 5.18. The molecule has 1 aliphatic heterocycles. The van der Waals surface area contributed by atoms with E-state index in [0.717, 1.165) is 30.7 Å². The first-order valence-electron chi connectivity index (χ1n) is 8.40. The number of thiophene rings is 1. The van der Waals surface area contributed by atoms with Gasteiger partial charge in [0.15, 0.2) is 0 Å². The zero-order chi connectivity index (χ0) is 16.8. The molecule has 1 atom stereocenters. The molecule has 0 saturated carbocycles. The SMILES string of the molecule is Cc1cc(CCC2CN(C(=O)CCc3cccs3)CCO2)ncn1. The van der Waals surface area contributed by atoms with Crippen molar-refractivity contribution in [1.29, 1.82) is 0 Å². The molecule has 1 unspecified atom stereocenters. The quantitative estimate of drug-likeness (QED) is 0.808. The predicted octanol–water partition coefficient (Wildman–Crippen LogP) is 2.64. The number of carbonyl (C=O) groups excluding carboxylic acids is 1. The fraction of sp³-hybridized carbons (Fsp3) is 0.500. The topological polar surface area (TPSA) is 55.3 Å². The summed E-state index contributed by atoms with van der Waals surface area (Å²) in [6, 6.07) is 6.13. The van der Waals surface area contributed by atoms with E-state index in [1.165, 1.54) is 4.88 Å². The number of amides is 1. The summed E-state index contributed by atoms with van der Waals surface area (Å²) in [5.41, 5.74) is 2.02. The Kier molecular flexibility index (Phi) is 5.93. The highest BCUT2D eigenvalue weighted by Gasteiger charge is 2.24. The highest BCUT2D eigenvalue weighted by Crippen LogP contribution is 2.15. The number of aromatic nitrogens is 2. The summed E-state index contributed by atoms with van der Waals surface area (Å²) in [5, 5.41) is 2.05. The summed E-state index contributed by atoms with van der Waals surface area (Å²) < 4.78 is 5.83. The van der Waals surface area contributed by atoms with Crippen molar-refractivity contribution in [3.63, 3.8) is 0 Å². The summed E-state index contributed by atoms with van der Waals surface area (Å²) in [6.45, 7) is 3.98. The molecule has 1 saturated heterocycles. The van der Waals surface area contributed by atoms with Crippen LogP contribution in [0, 0.1) is 6.92 Å². The second-order valence-electron chi connectivity index (χ2n) is 6.10. The summed E-state index contributed by atoms with van der Waals surface area (Å²) in [4.78, 5) is 24.0. The average molecular weight is 345 g/mol. The van der Waals surface area contributed by atoms with Gasteiger partial charge in [-0.25, -0.2) is 9.97 Å². The van der Waals surface area contributed by atoms with Crippen LogP contribution in [0.2, 0.25) is 0 Å². The number of ether oxygens (including phenoxy) is 1. The molecule has 2 aromatic rings. The summed E-state index contributed by atoms with van der Waals surface area (Å²) >= 11 is 1.71. The van der Waals surface area contributed by atoms with Crippen molar-refractivity contribution >= 4 is 17.2 Å². The van der Waals surface area contributed by atoms with Gasteiger partial charge in [0.2, 0.25) is 5.91 Å². The number of nitrogens with zero attached hydrogens (tertiary/aromatic N) is 3. The van der Waals surface area contributed by atoms with Crippen molar-refractivity contribution in [2.75, 3.05) is 19.7 Å². The van der Waals surface area contributed by atoms with E-state index in [1.807, 2.05) is 24.0 Å². The number of aryl methyl sites for hydroxylation is 3. The Morgan fingerprint density at radius 2 is 2.33 bits per heavy atom. The molecule has 6 heteroatoms. The molecule has 0 aromatic carbocycles. The van der Waals surface area contributed by atoms with Gasteiger partial charge in [0.1, 0.15) is 6.33 Å². The summed E-state index contributed by atoms with van der Waals surface area (Å²) in [6.07, 6.45) is 4.85. The van der Waals surface area contributed by atoms with Crippen LogP contribution in [0.4, 0.5) is 0 Å². The van der Waals surface area contributed by atoms with Crippen LogP contribution < -0.4 is 0 Å². The van der Waals surface area contributed by atoms with E-state index in [-0.39, 0.29) is 12.0 Å². The van der Waals surface area contributed by atoms with Crippen LogP contribution in [0.25, 0.3) is 0 Å². The molecule has 0 radical (unpaired) electrons. The maximum absolute atomic E-state index is 12.4. The second kappa shape index (κ2) is 8.35. The third kappa shape index (κ3) is 4.85. The molecule has 1 fully saturated rings. The molecule has 0 aliphatic carbocycles. The van der Waals surface area contributed by atoms with Crippen LogP contribution in [0.1, 0.15) is 29.1 Å². The van der Waals surface area contributed by atoms with Gasteiger partial charge in [-0.05, 0) is 43.7 Å². The molecule has 0 bridgehead atoms. The van der Waals surface area contributed by atoms with Crippen molar-refractivity contribution in [3.8, 4) is 0 Å². The van der Waals surface area contributed by atoms with Gasteiger partial charge in [-0.2, -0.15) is 0 Å². The zero-order valence-electron chi connectivity index (χ0n) is 14.0. The molecule has 128 valence electrons. The lowest BCUT2D eigenvalue weighted by atomic mass is 10.1. The fourth-order valence-corrected chi connectivity index (χ4v) is 3.63. The molecular formula is C18H23N3O2S. The Labute approximate surface area is 146 Å². The highest BCUT2D eigenvalue weighted by molar-refractivity contribution is 7.09. The maximum atomic E-state index is 12.4. The van der Waals surface area contributed by atoms with Gasteiger partial charge in [0.25, 0.3) is 0 Å². The molecule has 3 rings (SSSR count). The number of carbonyl (C=O) groups is 1. The normalized spacial score (nSPS) is 17.9. The van der Waals surface area contributed by atoms with E-state index in [1.54, 1.807) is 17.7 Å². The highest BCUT2D eigenvalue weighted by atomic mass is 32.1.